The fraction of sp³-hybridized carbons (Fsp3) is 0.111. The monoisotopic (exact) mass is 296 g/mol. The van der Waals surface area contributed by atoms with Gasteiger partial charge in [-0.1, -0.05) is 42.5 Å². The number of rotatable bonds is 4. The molecule has 0 amide bonds. The Balaban J connectivity index is 2.59. The quantitative estimate of drug-likeness (QED) is 0.693. The standard InChI is InChI=1S/C18H16O4/c1-3-7-12-13(10-6-11-16(12)19)17(20)14-8-4-5-9-15(14)18(21)22-2/h3-11,19H,1-2H3/b7-3+. The van der Waals surface area contributed by atoms with E-state index < -0.39 is 5.97 Å². The minimum absolute atomic E-state index is 0.0134. The number of aromatic hydroxyl groups is 1. The van der Waals surface area contributed by atoms with Crippen LogP contribution in [0.2, 0.25) is 0 Å². The van der Waals surface area contributed by atoms with Gasteiger partial charge in [0.1, 0.15) is 5.75 Å². The van der Waals surface area contributed by atoms with Crippen LogP contribution < -0.4 is 0 Å². The van der Waals surface area contributed by atoms with Gasteiger partial charge in [0.15, 0.2) is 5.78 Å². The lowest BCUT2D eigenvalue weighted by Crippen LogP contribution is -2.12. The fourth-order valence-corrected chi connectivity index (χ4v) is 2.21. The first-order chi connectivity index (χ1) is 10.6. The van der Waals surface area contributed by atoms with E-state index in [-0.39, 0.29) is 22.7 Å². The predicted molar refractivity (Wildman–Crippen MR) is 84.0 cm³/mol. The lowest BCUT2D eigenvalue weighted by Gasteiger charge is -2.10. The zero-order valence-corrected chi connectivity index (χ0v) is 12.4. The van der Waals surface area contributed by atoms with Crippen molar-refractivity contribution in [1.29, 1.82) is 0 Å². The second kappa shape index (κ2) is 6.72. The zero-order valence-electron chi connectivity index (χ0n) is 12.4. The maximum absolute atomic E-state index is 12.8. The maximum Gasteiger partial charge on any atom is 0.338 e. The van der Waals surface area contributed by atoms with Gasteiger partial charge in [-0.15, -0.1) is 0 Å². The number of carbonyl (C=O) groups excluding carboxylic acids is 2. The molecule has 0 heterocycles. The number of esters is 1. The Hall–Kier alpha value is -2.88. The molecule has 0 saturated heterocycles. The summed E-state index contributed by atoms with van der Waals surface area (Å²) in [5, 5.41) is 9.95. The van der Waals surface area contributed by atoms with Gasteiger partial charge in [0.2, 0.25) is 0 Å². The van der Waals surface area contributed by atoms with Crippen molar-refractivity contribution in [2.75, 3.05) is 7.11 Å². The van der Waals surface area contributed by atoms with Crippen molar-refractivity contribution in [3.05, 3.63) is 70.8 Å². The maximum atomic E-state index is 12.8. The number of benzene rings is 2. The van der Waals surface area contributed by atoms with Crippen molar-refractivity contribution in [1.82, 2.24) is 0 Å². The summed E-state index contributed by atoms with van der Waals surface area (Å²) in [4.78, 5) is 24.6. The number of phenolic OH excluding ortho intramolecular Hbond substituents is 1. The van der Waals surface area contributed by atoms with Gasteiger partial charge in [-0.3, -0.25) is 4.79 Å². The lowest BCUT2D eigenvalue weighted by molar-refractivity contribution is 0.0597. The summed E-state index contributed by atoms with van der Waals surface area (Å²) >= 11 is 0. The molecule has 0 aliphatic heterocycles. The van der Waals surface area contributed by atoms with Crippen LogP contribution >= 0.6 is 0 Å². The molecule has 0 saturated carbocycles. The molecule has 112 valence electrons. The van der Waals surface area contributed by atoms with Gasteiger partial charge in [0, 0.05) is 16.7 Å². The van der Waals surface area contributed by atoms with Gasteiger partial charge in [-0.2, -0.15) is 0 Å². The molecule has 4 nitrogen and oxygen atoms in total. The third-order valence-electron chi connectivity index (χ3n) is 3.24. The summed E-state index contributed by atoms with van der Waals surface area (Å²) in [6.45, 7) is 1.79. The molecule has 2 aromatic rings. The summed E-state index contributed by atoms with van der Waals surface area (Å²) in [5.41, 5.74) is 1.19. The summed E-state index contributed by atoms with van der Waals surface area (Å²) in [6.07, 6.45) is 3.39. The Morgan fingerprint density at radius 2 is 1.64 bits per heavy atom. The van der Waals surface area contributed by atoms with Crippen molar-refractivity contribution >= 4 is 17.8 Å². The number of hydrogen-bond acceptors (Lipinski definition) is 4. The molecule has 0 bridgehead atoms. The first-order valence-corrected chi connectivity index (χ1v) is 6.76. The molecular weight excluding hydrogens is 280 g/mol. The molecule has 0 spiro atoms. The predicted octanol–water partition coefficient (Wildman–Crippen LogP) is 3.44. The molecule has 0 unspecified atom stereocenters. The van der Waals surface area contributed by atoms with E-state index in [1.165, 1.54) is 19.2 Å². The molecular formula is C18H16O4. The van der Waals surface area contributed by atoms with Crippen molar-refractivity contribution in [2.45, 2.75) is 6.92 Å². The second-order valence-corrected chi connectivity index (χ2v) is 4.60. The van der Waals surface area contributed by atoms with Crippen LogP contribution in [0.3, 0.4) is 0 Å². The summed E-state index contributed by atoms with van der Waals surface area (Å²) in [5.74, 6) is -0.902. The molecule has 0 fully saturated rings. The van der Waals surface area contributed by atoms with Crippen molar-refractivity contribution in [3.8, 4) is 5.75 Å². The highest BCUT2D eigenvalue weighted by atomic mass is 16.5. The average molecular weight is 296 g/mol. The first-order valence-electron chi connectivity index (χ1n) is 6.76. The van der Waals surface area contributed by atoms with E-state index in [4.69, 9.17) is 4.74 Å². The molecule has 1 N–H and O–H groups in total. The van der Waals surface area contributed by atoms with Crippen molar-refractivity contribution < 1.29 is 19.4 Å². The van der Waals surface area contributed by atoms with Gasteiger partial charge in [0.25, 0.3) is 0 Å². The van der Waals surface area contributed by atoms with E-state index in [0.29, 0.717) is 11.1 Å². The highest BCUT2D eigenvalue weighted by Crippen LogP contribution is 2.26. The van der Waals surface area contributed by atoms with Gasteiger partial charge in [-0.25, -0.2) is 4.79 Å². The SMILES string of the molecule is C/C=C/c1c(O)cccc1C(=O)c1ccccc1C(=O)OC. The number of allylic oxidation sites excluding steroid dienone is 1. The Labute approximate surface area is 128 Å². The van der Waals surface area contributed by atoms with Gasteiger partial charge in [0.05, 0.1) is 12.7 Å². The van der Waals surface area contributed by atoms with Crippen molar-refractivity contribution in [2.24, 2.45) is 0 Å². The Morgan fingerprint density at radius 1 is 1.00 bits per heavy atom. The number of hydrogen-bond donors (Lipinski definition) is 1. The second-order valence-electron chi connectivity index (χ2n) is 4.60. The number of carbonyl (C=O) groups is 2. The molecule has 4 heteroatoms. The third kappa shape index (κ3) is 2.91. The molecule has 0 aliphatic rings. The molecule has 0 aromatic heterocycles. The van der Waals surface area contributed by atoms with Crippen LogP contribution in [0.5, 0.6) is 5.75 Å². The van der Waals surface area contributed by atoms with E-state index in [9.17, 15) is 14.7 Å². The van der Waals surface area contributed by atoms with Gasteiger partial charge in [-0.05, 0) is 19.1 Å². The number of methoxy groups -OCH3 is 1. The van der Waals surface area contributed by atoms with Crippen LogP contribution in [0, 0.1) is 0 Å². The van der Waals surface area contributed by atoms with Crippen LogP contribution in [0.4, 0.5) is 0 Å². The molecule has 0 atom stereocenters. The van der Waals surface area contributed by atoms with E-state index in [2.05, 4.69) is 0 Å². The Bertz CT molecular complexity index is 745. The summed E-state index contributed by atoms with van der Waals surface area (Å²) in [6, 6.07) is 11.2. The van der Waals surface area contributed by atoms with E-state index in [1.807, 2.05) is 0 Å². The van der Waals surface area contributed by atoms with Crippen LogP contribution in [-0.4, -0.2) is 24.0 Å². The lowest BCUT2D eigenvalue weighted by atomic mass is 9.94. The number of ether oxygens (including phenoxy) is 1. The van der Waals surface area contributed by atoms with Gasteiger partial charge < -0.3 is 9.84 Å². The van der Waals surface area contributed by atoms with Crippen molar-refractivity contribution in [3.63, 3.8) is 0 Å². The summed E-state index contributed by atoms with van der Waals surface area (Å²) in [7, 11) is 1.27. The number of ketones is 1. The smallest absolute Gasteiger partial charge is 0.338 e. The molecule has 2 rings (SSSR count). The minimum atomic E-state index is -0.573. The average Bonchev–Trinajstić information content (AvgIpc) is 2.55. The normalized spacial score (nSPS) is 10.6. The highest BCUT2D eigenvalue weighted by molar-refractivity contribution is 6.16. The van der Waals surface area contributed by atoms with E-state index in [1.54, 1.807) is 49.4 Å². The topological polar surface area (TPSA) is 63.6 Å². The summed E-state index contributed by atoms with van der Waals surface area (Å²) < 4.78 is 4.71. The molecule has 22 heavy (non-hydrogen) atoms. The number of phenols is 1. The van der Waals surface area contributed by atoms with Crippen LogP contribution in [-0.2, 0) is 4.74 Å². The highest BCUT2D eigenvalue weighted by Gasteiger charge is 2.20. The Morgan fingerprint density at radius 3 is 2.27 bits per heavy atom. The zero-order chi connectivity index (χ0) is 16.1. The van der Waals surface area contributed by atoms with Gasteiger partial charge >= 0.3 is 5.97 Å². The molecule has 0 radical (unpaired) electrons. The largest absolute Gasteiger partial charge is 0.507 e. The van der Waals surface area contributed by atoms with E-state index >= 15 is 0 Å². The Kier molecular flexibility index (Phi) is 4.73. The minimum Gasteiger partial charge on any atom is -0.507 e. The fourth-order valence-electron chi connectivity index (χ4n) is 2.21. The van der Waals surface area contributed by atoms with Crippen LogP contribution in [0.25, 0.3) is 6.08 Å². The first kappa shape index (κ1) is 15.5. The molecule has 0 aliphatic carbocycles. The van der Waals surface area contributed by atoms with Crippen LogP contribution in [0.15, 0.2) is 48.5 Å². The van der Waals surface area contributed by atoms with Crippen LogP contribution in [0.1, 0.15) is 38.8 Å². The molecule has 2 aromatic carbocycles. The third-order valence-corrected chi connectivity index (χ3v) is 3.24. The van der Waals surface area contributed by atoms with E-state index in [0.717, 1.165) is 0 Å².